The van der Waals surface area contributed by atoms with Crippen molar-refractivity contribution in [2.45, 2.75) is 32.4 Å². The summed E-state index contributed by atoms with van der Waals surface area (Å²) >= 11 is 3.00. The summed E-state index contributed by atoms with van der Waals surface area (Å²) in [6.45, 7) is 5.12. The van der Waals surface area contributed by atoms with Crippen LogP contribution >= 0.6 is 15.9 Å². The lowest BCUT2D eigenvalue weighted by Gasteiger charge is -2.20. The molecule has 0 bridgehead atoms. The van der Waals surface area contributed by atoms with Crippen LogP contribution < -0.4 is 0 Å². The first-order valence-corrected chi connectivity index (χ1v) is 4.75. The van der Waals surface area contributed by atoms with Gasteiger partial charge in [-0.25, -0.2) is 0 Å². The zero-order valence-electron chi connectivity index (χ0n) is 7.96. The summed E-state index contributed by atoms with van der Waals surface area (Å²) in [5.74, 6) is 0. The van der Waals surface area contributed by atoms with Crippen molar-refractivity contribution in [1.29, 1.82) is 0 Å². The summed E-state index contributed by atoms with van der Waals surface area (Å²) in [4.78, 5) is 0. The number of nitrogens with one attached hydrogen (secondary N) is 1. The molecule has 14 heavy (non-hydrogen) atoms. The topological polar surface area (TPSA) is 28.7 Å². The Morgan fingerprint density at radius 1 is 1.21 bits per heavy atom. The fraction of sp³-hybridized carbons (Fsp3) is 0.625. The molecule has 1 rings (SSSR count). The third kappa shape index (κ3) is 2.10. The minimum Gasteiger partial charge on any atom is -0.272 e. The van der Waals surface area contributed by atoms with E-state index in [1.54, 1.807) is 20.8 Å². The Morgan fingerprint density at radius 3 is 2.00 bits per heavy atom. The SMILES string of the molecule is CC(C)(C)c1c(Br)n[nH]c1C(F)(F)F. The number of alkyl halides is 3. The Morgan fingerprint density at radius 2 is 1.71 bits per heavy atom. The molecule has 0 radical (unpaired) electrons. The lowest BCUT2D eigenvalue weighted by molar-refractivity contribution is -0.142. The Labute approximate surface area is 88.0 Å². The normalized spacial score (nSPS) is 13.4. The van der Waals surface area contributed by atoms with E-state index in [1.165, 1.54) is 0 Å². The molecule has 0 amide bonds. The molecule has 2 nitrogen and oxygen atoms in total. The van der Waals surface area contributed by atoms with Crippen LogP contribution in [0.15, 0.2) is 4.60 Å². The maximum Gasteiger partial charge on any atom is 0.433 e. The van der Waals surface area contributed by atoms with Gasteiger partial charge in [-0.15, -0.1) is 0 Å². The molecule has 1 aromatic rings. The van der Waals surface area contributed by atoms with Crippen LogP contribution in [0.4, 0.5) is 13.2 Å². The zero-order chi connectivity index (χ0) is 11.1. The first-order valence-electron chi connectivity index (χ1n) is 3.95. The molecule has 0 unspecified atom stereocenters. The van der Waals surface area contributed by atoms with Crippen LogP contribution in [-0.4, -0.2) is 10.2 Å². The second kappa shape index (κ2) is 3.25. The van der Waals surface area contributed by atoms with Gasteiger partial charge in [-0.3, -0.25) is 5.10 Å². The highest BCUT2D eigenvalue weighted by Gasteiger charge is 2.40. The molecule has 0 fully saturated rings. The lowest BCUT2D eigenvalue weighted by atomic mass is 9.87. The number of aromatic nitrogens is 2. The summed E-state index contributed by atoms with van der Waals surface area (Å²) in [6.07, 6.45) is -4.39. The van der Waals surface area contributed by atoms with Crippen LogP contribution in [-0.2, 0) is 11.6 Å². The molecule has 6 heteroatoms. The number of hydrogen-bond donors (Lipinski definition) is 1. The average molecular weight is 271 g/mol. The van der Waals surface area contributed by atoms with Crippen molar-refractivity contribution in [2.75, 3.05) is 0 Å². The third-order valence-electron chi connectivity index (χ3n) is 1.76. The Kier molecular flexibility index (Phi) is 2.69. The van der Waals surface area contributed by atoms with Gasteiger partial charge in [-0.2, -0.15) is 18.3 Å². The highest BCUT2D eigenvalue weighted by Crippen LogP contribution is 2.39. The number of aromatic amines is 1. The van der Waals surface area contributed by atoms with Crippen molar-refractivity contribution in [2.24, 2.45) is 0 Å². The molecule has 1 N–H and O–H groups in total. The maximum absolute atomic E-state index is 12.5. The molecule has 1 aromatic heterocycles. The van der Waals surface area contributed by atoms with E-state index in [0.717, 1.165) is 0 Å². The molecule has 0 atom stereocenters. The average Bonchev–Trinajstić information content (AvgIpc) is 2.27. The Hall–Kier alpha value is -0.520. The van der Waals surface area contributed by atoms with Crippen molar-refractivity contribution >= 4 is 15.9 Å². The minimum atomic E-state index is -4.39. The van der Waals surface area contributed by atoms with Crippen molar-refractivity contribution in [3.63, 3.8) is 0 Å². The van der Waals surface area contributed by atoms with E-state index in [9.17, 15) is 13.2 Å². The maximum atomic E-state index is 12.5. The van der Waals surface area contributed by atoms with Gasteiger partial charge in [0, 0.05) is 5.56 Å². The van der Waals surface area contributed by atoms with E-state index in [0.29, 0.717) is 0 Å². The summed E-state index contributed by atoms with van der Waals surface area (Å²) < 4.78 is 37.7. The van der Waals surface area contributed by atoms with E-state index in [-0.39, 0.29) is 10.2 Å². The Bertz CT molecular complexity index is 335. The highest BCUT2D eigenvalue weighted by molar-refractivity contribution is 9.10. The van der Waals surface area contributed by atoms with Crippen molar-refractivity contribution in [3.8, 4) is 0 Å². The van der Waals surface area contributed by atoms with Gasteiger partial charge in [0.2, 0.25) is 0 Å². The first kappa shape index (κ1) is 11.6. The van der Waals surface area contributed by atoms with E-state index in [2.05, 4.69) is 21.0 Å². The predicted octanol–water partition coefficient (Wildman–Crippen LogP) is 3.49. The van der Waals surface area contributed by atoms with Gasteiger partial charge in [0.15, 0.2) is 0 Å². The van der Waals surface area contributed by atoms with Crippen LogP contribution in [0, 0.1) is 0 Å². The van der Waals surface area contributed by atoms with Gasteiger partial charge in [0.1, 0.15) is 10.3 Å². The van der Waals surface area contributed by atoms with Crippen molar-refractivity contribution in [3.05, 3.63) is 15.9 Å². The molecule has 0 aliphatic carbocycles. The molecule has 0 saturated heterocycles. The van der Waals surface area contributed by atoms with Crippen LogP contribution in [0.5, 0.6) is 0 Å². The third-order valence-corrected chi connectivity index (χ3v) is 2.33. The molecule has 0 spiro atoms. The lowest BCUT2D eigenvalue weighted by Crippen LogP contribution is -2.18. The number of nitrogens with zero attached hydrogens (tertiary/aromatic N) is 1. The number of halogens is 4. The van der Waals surface area contributed by atoms with Crippen molar-refractivity contribution in [1.82, 2.24) is 10.2 Å². The molecule has 0 aromatic carbocycles. The van der Waals surface area contributed by atoms with Gasteiger partial charge in [-0.1, -0.05) is 20.8 Å². The molecule has 0 aliphatic heterocycles. The molecule has 0 saturated carbocycles. The largest absolute Gasteiger partial charge is 0.433 e. The second-order valence-corrected chi connectivity index (χ2v) is 4.76. The summed E-state index contributed by atoms with van der Waals surface area (Å²) in [5.41, 5.74) is -1.22. The van der Waals surface area contributed by atoms with Gasteiger partial charge in [0.05, 0.1) is 0 Å². The number of H-pyrrole nitrogens is 1. The Balaban J connectivity index is 3.35. The molecular weight excluding hydrogens is 261 g/mol. The smallest absolute Gasteiger partial charge is 0.272 e. The summed E-state index contributed by atoms with van der Waals surface area (Å²) in [6, 6.07) is 0. The van der Waals surface area contributed by atoms with Crippen LogP contribution in [0.1, 0.15) is 32.0 Å². The summed E-state index contributed by atoms with van der Waals surface area (Å²) in [7, 11) is 0. The minimum absolute atomic E-state index is 0.157. The predicted molar refractivity (Wildman–Crippen MR) is 50.0 cm³/mol. The zero-order valence-corrected chi connectivity index (χ0v) is 9.55. The van der Waals surface area contributed by atoms with Gasteiger partial charge in [0.25, 0.3) is 0 Å². The molecule has 80 valence electrons. The van der Waals surface area contributed by atoms with Gasteiger partial charge >= 0.3 is 6.18 Å². The molecular formula is C8H10BrF3N2. The van der Waals surface area contributed by atoms with Crippen molar-refractivity contribution < 1.29 is 13.2 Å². The summed E-state index contributed by atoms with van der Waals surface area (Å²) in [5, 5.41) is 5.52. The number of rotatable bonds is 0. The van der Waals surface area contributed by atoms with E-state index in [4.69, 9.17) is 0 Å². The van der Waals surface area contributed by atoms with Crippen LogP contribution in [0.3, 0.4) is 0 Å². The molecule has 0 aliphatic rings. The van der Waals surface area contributed by atoms with E-state index < -0.39 is 17.3 Å². The highest BCUT2D eigenvalue weighted by atomic mass is 79.9. The number of hydrogen-bond acceptors (Lipinski definition) is 1. The fourth-order valence-corrected chi connectivity index (χ4v) is 2.09. The second-order valence-electron chi connectivity index (χ2n) is 4.01. The van der Waals surface area contributed by atoms with E-state index in [1.807, 2.05) is 5.10 Å². The monoisotopic (exact) mass is 270 g/mol. The standard InChI is InChI=1S/C8H10BrF3N2/c1-7(2,3)4-5(8(10,11)12)13-14-6(4)9/h1-3H3,(H,13,14). The van der Waals surface area contributed by atoms with E-state index >= 15 is 0 Å². The van der Waals surface area contributed by atoms with Crippen LogP contribution in [0.2, 0.25) is 0 Å². The van der Waals surface area contributed by atoms with Gasteiger partial charge < -0.3 is 0 Å². The van der Waals surface area contributed by atoms with Gasteiger partial charge in [-0.05, 0) is 21.3 Å². The van der Waals surface area contributed by atoms with Crippen LogP contribution in [0.25, 0.3) is 0 Å². The molecule has 1 heterocycles. The first-order chi connectivity index (χ1) is 6.14. The quantitative estimate of drug-likeness (QED) is 0.768. The fourth-order valence-electron chi connectivity index (χ4n) is 1.21.